The second-order valence-electron chi connectivity index (χ2n) is 4.49. The van der Waals surface area contributed by atoms with Gasteiger partial charge in [-0.3, -0.25) is 4.79 Å². The molecule has 0 atom stereocenters. The third-order valence-electron chi connectivity index (χ3n) is 3.16. The fourth-order valence-corrected chi connectivity index (χ4v) is 2.41. The normalized spacial score (nSPS) is 10.3. The maximum absolute atomic E-state index is 10.7. The summed E-state index contributed by atoms with van der Waals surface area (Å²) in [7, 11) is 1.66. The van der Waals surface area contributed by atoms with Gasteiger partial charge in [0.2, 0.25) is 0 Å². The van der Waals surface area contributed by atoms with Crippen LogP contribution in [0.2, 0.25) is 5.02 Å². The van der Waals surface area contributed by atoms with Crippen molar-refractivity contribution in [1.82, 2.24) is 0 Å². The molecule has 2 aromatic rings. The molecule has 0 amide bonds. The summed E-state index contributed by atoms with van der Waals surface area (Å²) >= 11 is 6.25. The molecule has 0 N–H and O–H groups in total. The van der Waals surface area contributed by atoms with Crippen LogP contribution in [-0.2, 0) is 0 Å². The summed E-state index contributed by atoms with van der Waals surface area (Å²) in [6.07, 6.45) is 0.793. The van der Waals surface area contributed by atoms with E-state index in [9.17, 15) is 4.79 Å². The molecule has 0 aliphatic heterocycles. The average Bonchev–Trinajstić information content (AvgIpc) is 2.41. The highest BCUT2D eigenvalue weighted by molar-refractivity contribution is 6.33. The highest BCUT2D eigenvalue weighted by Crippen LogP contribution is 2.34. The van der Waals surface area contributed by atoms with Crippen LogP contribution in [0.5, 0.6) is 5.75 Å². The zero-order chi connectivity index (χ0) is 14.0. The van der Waals surface area contributed by atoms with E-state index in [0.29, 0.717) is 10.6 Å². The van der Waals surface area contributed by atoms with Gasteiger partial charge < -0.3 is 4.74 Å². The van der Waals surface area contributed by atoms with Gasteiger partial charge in [0.15, 0.2) is 0 Å². The van der Waals surface area contributed by atoms with Crippen LogP contribution in [0.4, 0.5) is 0 Å². The average molecular weight is 275 g/mol. The van der Waals surface area contributed by atoms with Crippen LogP contribution in [0, 0.1) is 13.8 Å². The summed E-state index contributed by atoms with van der Waals surface area (Å²) in [6, 6.07) is 9.38. The zero-order valence-electron chi connectivity index (χ0n) is 11.2. The van der Waals surface area contributed by atoms with E-state index in [2.05, 4.69) is 6.07 Å². The van der Waals surface area contributed by atoms with E-state index in [0.717, 1.165) is 34.3 Å². The molecule has 0 spiro atoms. The van der Waals surface area contributed by atoms with Crippen molar-refractivity contribution in [2.75, 3.05) is 7.11 Å². The van der Waals surface area contributed by atoms with Crippen molar-refractivity contribution in [2.24, 2.45) is 0 Å². The number of hydrogen-bond acceptors (Lipinski definition) is 2. The first-order valence-corrected chi connectivity index (χ1v) is 6.35. The molecule has 0 saturated heterocycles. The Morgan fingerprint density at radius 1 is 1.05 bits per heavy atom. The molecule has 2 nitrogen and oxygen atoms in total. The molecule has 0 bridgehead atoms. The fraction of sp³-hybridized carbons (Fsp3) is 0.188. The Labute approximate surface area is 118 Å². The second kappa shape index (κ2) is 5.45. The van der Waals surface area contributed by atoms with Crippen LogP contribution in [0.1, 0.15) is 21.5 Å². The smallest absolute Gasteiger partial charge is 0.150 e. The SMILES string of the molecule is COc1cc(C)c(-c2ccc(C=O)cc2Cl)cc1C. The second-order valence-corrected chi connectivity index (χ2v) is 4.90. The van der Waals surface area contributed by atoms with Crippen LogP contribution in [0.15, 0.2) is 30.3 Å². The molecular weight excluding hydrogens is 260 g/mol. The zero-order valence-corrected chi connectivity index (χ0v) is 11.9. The molecule has 0 heterocycles. The molecule has 0 unspecified atom stereocenters. The predicted octanol–water partition coefficient (Wildman–Crippen LogP) is 4.44. The lowest BCUT2D eigenvalue weighted by Crippen LogP contribution is -1.92. The molecule has 0 aliphatic carbocycles. The number of carbonyl (C=O) groups is 1. The number of carbonyl (C=O) groups excluding carboxylic acids is 1. The summed E-state index contributed by atoms with van der Waals surface area (Å²) in [4.78, 5) is 10.7. The van der Waals surface area contributed by atoms with Gasteiger partial charge in [-0.25, -0.2) is 0 Å². The van der Waals surface area contributed by atoms with Gasteiger partial charge in [-0.2, -0.15) is 0 Å². The molecule has 0 fully saturated rings. The van der Waals surface area contributed by atoms with Crippen LogP contribution in [0.25, 0.3) is 11.1 Å². The third-order valence-corrected chi connectivity index (χ3v) is 3.47. The number of aryl methyl sites for hydroxylation is 2. The maximum atomic E-state index is 10.7. The lowest BCUT2D eigenvalue weighted by molar-refractivity contribution is 0.112. The van der Waals surface area contributed by atoms with Crippen molar-refractivity contribution >= 4 is 17.9 Å². The molecular formula is C16H15ClO2. The van der Waals surface area contributed by atoms with Gasteiger partial charge >= 0.3 is 0 Å². The lowest BCUT2D eigenvalue weighted by Gasteiger charge is -2.13. The molecule has 19 heavy (non-hydrogen) atoms. The van der Waals surface area contributed by atoms with E-state index in [1.807, 2.05) is 26.0 Å². The molecule has 2 rings (SSSR count). The van der Waals surface area contributed by atoms with Crippen molar-refractivity contribution in [3.63, 3.8) is 0 Å². The third kappa shape index (κ3) is 2.64. The number of benzene rings is 2. The van der Waals surface area contributed by atoms with Crippen LogP contribution < -0.4 is 4.74 Å². The summed E-state index contributed by atoms with van der Waals surface area (Å²) in [6.45, 7) is 4.01. The Kier molecular flexibility index (Phi) is 3.91. The Balaban J connectivity index is 2.59. The number of hydrogen-bond donors (Lipinski definition) is 0. The number of rotatable bonds is 3. The van der Waals surface area contributed by atoms with Crippen molar-refractivity contribution in [3.05, 3.63) is 52.0 Å². The van der Waals surface area contributed by atoms with Crippen LogP contribution in [0.3, 0.4) is 0 Å². The quantitative estimate of drug-likeness (QED) is 0.773. The maximum Gasteiger partial charge on any atom is 0.150 e. The van der Waals surface area contributed by atoms with E-state index in [1.165, 1.54) is 0 Å². The first-order valence-electron chi connectivity index (χ1n) is 5.97. The molecule has 3 heteroatoms. The van der Waals surface area contributed by atoms with Gasteiger partial charge in [0.25, 0.3) is 0 Å². The molecule has 0 radical (unpaired) electrons. The summed E-state index contributed by atoms with van der Waals surface area (Å²) in [5, 5.41) is 0.581. The molecule has 98 valence electrons. The summed E-state index contributed by atoms with van der Waals surface area (Å²) in [5.41, 5.74) is 4.70. The minimum Gasteiger partial charge on any atom is -0.496 e. The van der Waals surface area contributed by atoms with E-state index < -0.39 is 0 Å². The molecule has 0 aliphatic rings. The standard InChI is InChI=1S/C16H15ClO2/c1-10-7-16(19-3)11(2)6-14(10)13-5-4-12(9-18)8-15(13)17/h4-9H,1-3H3. The van der Waals surface area contributed by atoms with Gasteiger partial charge in [0, 0.05) is 16.1 Å². The number of ether oxygens (including phenoxy) is 1. The number of methoxy groups -OCH3 is 1. The van der Waals surface area contributed by atoms with E-state index >= 15 is 0 Å². The number of aldehydes is 1. The largest absolute Gasteiger partial charge is 0.496 e. The van der Waals surface area contributed by atoms with Crippen molar-refractivity contribution < 1.29 is 9.53 Å². The van der Waals surface area contributed by atoms with E-state index in [-0.39, 0.29) is 0 Å². The first-order chi connectivity index (χ1) is 9.06. The van der Waals surface area contributed by atoms with Crippen molar-refractivity contribution in [2.45, 2.75) is 13.8 Å². The number of halogens is 1. The Morgan fingerprint density at radius 3 is 2.37 bits per heavy atom. The summed E-state index contributed by atoms with van der Waals surface area (Å²) in [5.74, 6) is 0.863. The minimum atomic E-state index is 0.580. The monoisotopic (exact) mass is 274 g/mol. The lowest BCUT2D eigenvalue weighted by atomic mass is 9.97. The fourth-order valence-electron chi connectivity index (χ4n) is 2.12. The topological polar surface area (TPSA) is 26.3 Å². The summed E-state index contributed by atoms with van der Waals surface area (Å²) < 4.78 is 5.30. The minimum absolute atomic E-state index is 0.580. The Morgan fingerprint density at radius 2 is 1.79 bits per heavy atom. The van der Waals surface area contributed by atoms with Crippen molar-refractivity contribution in [3.8, 4) is 16.9 Å². The molecule has 0 saturated carbocycles. The molecule has 0 aromatic heterocycles. The van der Waals surface area contributed by atoms with E-state index in [1.54, 1.807) is 19.2 Å². The molecule has 2 aromatic carbocycles. The van der Waals surface area contributed by atoms with E-state index in [4.69, 9.17) is 16.3 Å². The first kappa shape index (κ1) is 13.6. The Bertz CT molecular complexity index is 633. The van der Waals surface area contributed by atoms with Gasteiger partial charge in [0.1, 0.15) is 12.0 Å². The predicted molar refractivity (Wildman–Crippen MR) is 78.3 cm³/mol. The van der Waals surface area contributed by atoms with Gasteiger partial charge in [-0.05, 0) is 48.7 Å². The van der Waals surface area contributed by atoms with Crippen LogP contribution in [-0.4, -0.2) is 13.4 Å². The highest BCUT2D eigenvalue weighted by atomic mass is 35.5. The van der Waals surface area contributed by atoms with Gasteiger partial charge in [-0.1, -0.05) is 23.7 Å². The van der Waals surface area contributed by atoms with Gasteiger partial charge in [0.05, 0.1) is 7.11 Å². The highest BCUT2D eigenvalue weighted by Gasteiger charge is 2.10. The van der Waals surface area contributed by atoms with Crippen LogP contribution >= 0.6 is 11.6 Å². The Hall–Kier alpha value is -1.80. The van der Waals surface area contributed by atoms with Crippen molar-refractivity contribution in [1.29, 1.82) is 0 Å². The van der Waals surface area contributed by atoms with Gasteiger partial charge in [-0.15, -0.1) is 0 Å².